The first-order valence-electron chi connectivity index (χ1n) is 4.25. The first-order chi connectivity index (χ1) is 6.25. The summed E-state index contributed by atoms with van der Waals surface area (Å²) >= 11 is 1.77. The van der Waals surface area contributed by atoms with E-state index in [1.165, 1.54) is 10.4 Å². The van der Waals surface area contributed by atoms with Crippen molar-refractivity contribution in [2.75, 3.05) is 13.1 Å². The van der Waals surface area contributed by atoms with Crippen LogP contribution in [0.3, 0.4) is 0 Å². The van der Waals surface area contributed by atoms with Gasteiger partial charge in [-0.05, 0) is 23.4 Å². The summed E-state index contributed by atoms with van der Waals surface area (Å²) in [6.07, 6.45) is 1.00. The van der Waals surface area contributed by atoms with Gasteiger partial charge >= 0.3 is 5.97 Å². The number of hydrogen-bond donors (Lipinski definition) is 1. The van der Waals surface area contributed by atoms with Gasteiger partial charge in [0.2, 0.25) is 0 Å². The first-order valence-corrected chi connectivity index (χ1v) is 5.13. The van der Waals surface area contributed by atoms with Crippen molar-refractivity contribution < 1.29 is 9.90 Å². The third kappa shape index (κ3) is 1.89. The lowest BCUT2D eigenvalue weighted by Crippen LogP contribution is -2.34. The Balaban J connectivity index is 2.04. The zero-order valence-electron chi connectivity index (χ0n) is 7.19. The second-order valence-electron chi connectivity index (χ2n) is 3.22. The molecule has 2 rings (SSSR count). The van der Waals surface area contributed by atoms with Crippen LogP contribution in [0.2, 0.25) is 0 Å². The minimum absolute atomic E-state index is 0.162. The fourth-order valence-electron chi connectivity index (χ4n) is 1.63. The van der Waals surface area contributed by atoms with E-state index in [1.807, 2.05) is 4.90 Å². The molecule has 1 aromatic rings. The lowest BCUT2D eigenvalue weighted by atomic mass is 10.1. The molecule has 1 aliphatic heterocycles. The van der Waals surface area contributed by atoms with E-state index in [9.17, 15) is 4.79 Å². The van der Waals surface area contributed by atoms with Gasteiger partial charge in [-0.3, -0.25) is 9.69 Å². The molecule has 0 aliphatic carbocycles. The van der Waals surface area contributed by atoms with Crippen molar-refractivity contribution in [2.24, 2.45) is 0 Å². The molecule has 1 aliphatic rings. The van der Waals surface area contributed by atoms with Gasteiger partial charge in [0.15, 0.2) is 0 Å². The monoisotopic (exact) mass is 197 g/mol. The van der Waals surface area contributed by atoms with Gasteiger partial charge in [-0.15, -0.1) is 11.3 Å². The fraction of sp³-hybridized carbons (Fsp3) is 0.444. The van der Waals surface area contributed by atoms with E-state index < -0.39 is 5.97 Å². The number of carboxylic acids is 1. The van der Waals surface area contributed by atoms with E-state index in [0.717, 1.165) is 19.5 Å². The van der Waals surface area contributed by atoms with Crippen molar-refractivity contribution in [3.05, 3.63) is 21.9 Å². The summed E-state index contributed by atoms with van der Waals surface area (Å²) in [6, 6.07) is 2.09. The molecule has 0 unspecified atom stereocenters. The highest BCUT2D eigenvalue weighted by molar-refractivity contribution is 7.10. The molecule has 1 aromatic heterocycles. The van der Waals surface area contributed by atoms with Crippen LogP contribution in [0.15, 0.2) is 11.4 Å². The quantitative estimate of drug-likeness (QED) is 0.774. The predicted molar refractivity (Wildman–Crippen MR) is 50.9 cm³/mol. The Hall–Kier alpha value is -0.870. The normalized spacial score (nSPS) is 16.9. The molecule has 1 N–H and O–H groups in total. The smallest absolute Gasteiger partial charge is 0.317 e. The number of rotatable bonds is 2. The van der Waals surface area contributed by atoms with E-state index in [-0.39, 0.29) is 6.54 Å². The average molecular weight is 197 g/mol. The van der Waals surface area contributed by atoms with Crippen molar-refractivity contribution in [3.63, 3.8) is 0 Å². The summed E-state index contributed by atoms with van der Waals surface area (Å²) in [4.78, 5) is 13.9. The molecule has 2 heterocycles. The molecule has 0 bridgehead atoms. The van der Waals surface area contributed by atoms with Crippen molar-refractivity contribution in [1.82, 2.24) is 4.90 Å². The Morgan fingerprint density at radius 3 is 3.31 bits per heavy atom. The van der Waals surface area contributed by atoms with Crippen LogP contribution in [0.25, 0.3) is 0 Å². The van der Waals surface area contributed by atoms with E-state index in [1.54, 1.807) is 11.3 Å². The van der Waals surface area contributed by atoms with Gasteiger partial charge in [0.1, 0.15) is 0 Å². The second-order valence-corrected chi connectivity index (χ2v) is 4.22. The van der Waals surface area contributed by atoms with Crippen LogP contribution < -0.4 is 0 Å². The maximum absolute atomic E-state index is 10.5. The molecule has 70 valence electrons. The molecule has 0 saturated heterocycles. The summed E-state index contributed by atoms with van der Waals surface area (Å²) in [5.74, 6) is -0.737. The molecule has 13 heavy (non-hydrogen) atoms. The van der Waals surface area contributed by atoms with E-state index >= 15 is 0 Å². The Labute approximate surface area is 80.6 Å². The van der Waals surface area contributed by atoms with Crippen molar-refractivity contribution >= 4 is 17.3 Å². The molecule has 3 nitrogen and oxygen atoms in total. The van der Waals surface area contributed by atoms with Crippen LogP contribution in [-0.2, 0) is 17.8 Å². The van der Waals surface area contributed by atoms with E-state index in [4.69, 9.17) is 5.11 Å². The van der Waals surface area contributed by atoms with Gasteiger partial charge in [-0.2, -0.15) is 0 Å². The molecule has 0 aromatic carbocycles. The van der Waals surface area contributed by atoms with Gasteiger partial charge in [0, 0.05) is 18.0 Å². The summed E-state index contributed by atoms with van der Waals surface area (Å²) in [5, 5.41) is 10.7. The molecule has 0 amide bonds. The van der Waals surface area contributed by atoms with Gasteiger partial charge < -0.3 is 5.11 Å². The Morgan fingerprint density at radius 2 is 2.54 bits per heavy atom. The average Bonchev–Trinajstić information content (AvgIpc) is 2.49. The first kappa shape index (κ1) is 8.72. The zero-order valence-corrected chi connectivity index (χ0v) is 8.01. The van der Waals surface area contributed by atoms with Crippen LogP contribution in [0, 0.1) is 0 Å². The van der Waals surface area contributed by atoms with Crippen LogP contribution in [0.4, 0.5) is 0 Å². The lowest BCUT2D eigenvalue weighted by molar-refractivity contribution is -0.138. The maximum atomic E-state index is 10.5. The Bertz CT molecular complexity index is 321. The number of hydrogen-bond acceptors (Lipinski definition) is 3. The standard InChI is InChI=1S/C9H11NO2S/c11-9(12)6-10-3-1-8-7(5-10)2-4-13-8/h2,4H,1,3,5-6H2,(H,11,12). The third-order valence-corrected chi connectivity index (χ3v) is 3.27. The highest BCUT2D eigenvalue weighted by Crippen LogP contribution is 2.23. The molecular formula is C9H11NO2S. The van der Waals surface area contributed by atoms with Gasteiger partial charge in [-0.25, -0.2) is 0 Å². The summed E-state index contributed by atoms with van der Waals surface area (Å²) in [5.41, 5.74) is 1.30. The minimum atomic E-state index is -0.737. The zero-order chi connectivity index (χ0) is 9.26. The van der Waals surface area contributed by atoms with Crippen molar-refractivity contribution in [1.29, 1.82) is 0 Å². The van der Waals surface area contributed by atoms with Crippen LogP contribution in [0.5, 0.6) is 0 Å². The minimum Gasteiger partial charge on any atom is -0.480 e. The summed E-state index contributed by atoms with van der Waals surface area (Å²) < 4.78 is 0. The molecule has 0 saturated carbocycles. The van der Waals surface area contributed by atoms with Crippen LogP contribution >= 0.6 is 11.3 Å². The molecule has 4 heteroatoms. The van der Waals surface area contributed by atoms with Crippen molar-refractivity contribution in [2.45, 2.75) is 13.0 Å². The fourth-order valence-corrected chi connectivity index (χ4v) is 2.52. The van der Waals surface area contributed by atoms with Gasteiger partial charge in [-0.1, -0.05) is 0 Å². The third-order valence-electron chi connectivity index (χ3n) is 2.25. The van der Waals surface area contributed by atoms with Crippen LogP contribution in [0.1, 0.15) is 10.4 Å². The molecule has 0 radical (unpaired) electrons. The summed E-state index contributed by atoms with van der Waals surface area (Å²) in [6.45, 7) is 1.83. The molecule has 0 spiro atoms. The number of carboxylic acid groups (broad SMARTS) is 1. The summed E-state index contributed by atoms with van der Waals surface area (Å²) in [7, 11) is 0. The number of aliphatic carboxylic acids is 1. The number of thiophene rings is 1. The van der Waals surface area contributed by atoms with E-state index in [2.05, 4.69) is 11.4 Å². The topological polar surface area (TPSA) is 40.5 Å². The van der Waals surface area contributed by atoms with Crippen molar-refractivity contribution in [3.8, 4) is 0 Å². The Morgan fingerprint density at radius 1 is 1.69 bits per heavy atom. The molecule has 0 fully saturated rings. The van der Waals surface area contributed by atoms with Gasteiger partial charge in [0.05, 0.1) is 6.54 Å². The van der Waals surface area contributed by atoms with E-state index in [0.29, 0.717) is 0 Å². The van der Waals surface area contributed by atoms with Gasteiger partial charge in [0.25, 0.3) is 0 Å². The number of fused-ring (bicyclic) bond motifs is 1. The maximum Gasteiger partial charge on any atom is 0.317 e. The Kier molecular flexibility index (Phi) is 2.33. The lowest BCUT2D eigenvalue weighted by Gasteiger charge is -2.24. The predicted octanol–water partition coefficient (Wildman–Crippen LogP) is 1.19. The van der Waals surface area contributed by atoms with Crippen LogP contribution in [-0.4, -0.2) is 29.1 Å². The SMILES string of the molecule is O=C(O)CN1CCc2sccc2C1. The number of carbonyl (C=O) groups is 1. The highest BCUT2D eigenvalue weighted by atomic mass is 32.1. The highest BCUT2D eigenvalue weighted by Gasteiger charge is 2.18. The molecule has 0 atom stereocenters. The largest absolute Gasteiger partial charge is 0.480 e. The second kappa shape index (κ2) is 3.47. The number of nitrogens with zero attached hydrogens (tertiary/aromatic N) is 1. The molecular weight excluding hydrogens is 186 g/mol.